The molecule has 25 heavy (non-hydrogen) atoms. The molecule has 0 bridgehead atoms. The van der Waals surface area contributed by atoms with E-state index < -0.39 is 14.9 Å². The van der Waals surface area contributed by atoms with Gasteiger partial charge in [-0.25, -0.2) is 13.4 Å². The monoisotopic (exact) mass is 375 g/mol. The number of nitrogens with one attached hydrogen (secondary N) is 1. The number of nitro benzene ring substituents is 1. The van der Waals surface area contributed by atoms with Crippen LogP contribution in [0.2, 0.25) is 0 Å². The Balaban J connectivity index is 1.86. The summed E-state index contributed by atoms with van der Waals surface area (Å²) in [5, 5.41) is 13.4. The maximum atomic E-state index is 11.2. The van der Waals surface area contributed by atoms with Crippen LogP contribution in [0.4, 0.5) is 11.4 Å². The number of nitrogens with zero attached hydrogens (tertiary/aromatic N) is 2. The Morgan fingerprint density at radius 3 is 2.48 bits per heavy atom. The van der Waals surface area contributed by atoms with Gasteiger partial charge >= 0.3 is 0 Å². The van der Waals surface area contributed by atoms with Gasteiger partial charge in [-0.15, -0.1) is 11.3 Å². The van der Waals surface area contributed by atoms with E-state index in [1.54, 1.807) is 36.4 Å². The smallest absolute Gasteiger partial charge is 0.270 e. The second kappa shape index (κ2) is 6.61. The van der Waals surface area contributed by atoms with Gasteiger partial charge in [-0.3, -0.25) is 14.8 Å². The normalized spacial score (nSPS) is 11.2. The summed E-state index contributed by atoms with van der Waals surface area (Å²) in [4.78, 5) is 15.0. The predicted molar refractivity (Wildman–Crippen MR) is 98.1 cm³/mol. The molecule has 1 aromatic heterocycles. The van der Waals surface area contributed by atoms with Crippen LogP contribution < -0.4 is 4.72 Å². The fourth-order valence-electron chi connectivity index (χ4n) is 2.21. The molecule has 0 aliphatic heterocycles. The van der Waals surface area contributed by atoms with Crippen LogP contribution in [0.5, 0.6) is 0 Å². The standard InChI is InChI=1S/C16H13N3O4S2/c1-25(22,23)18-13-7-5-11(6-8-13)15-10-24-16(17-15)12-3-2-4-14(9-12)19(20)21/h2-10,18H,1H3. The Morgan fingerprint density at radius 1 is 1.12 bits per heavy atom. The van der Waals surface area contributed by atoms with Gasteiger partial charge in [0.25, 0.3) is 5.69 Å². The molecule has 0 unspecified atom stereocenters. The van der Waals surface area contributed by atoms with Gasteiger partial charge in [-0.05, 0) is 12.1 Å². The number of benzene rings is 2. The van der Waals surface area contributed by atoms with Crippen molar-refractivity contribution in [1.82, 2.24) is 4.98 Å². The lowest BCUT2D eigenvalue weighted by atomic mass is 10.1. The lowest BCUT2D eigenvalue weighted by molar-refractivity contribution is -0.384. The SMILES string of the molecule is CS(=O)(=O)Nc1ccc(-c2csc(-c3cccc([N+](=O)[O-])c3)n2)cc1. The number of anilines is 1. The van der Waals surface area contributed by atoms with Gasteiger partial charge in [0.2, 0.25) is 10.0 Å². The van der Waals surface area contributed by atoms with E-state index in [2.05, 4.69) is 9.71 Å². The molecule has 0 aliphatic carbocycles. The van der Waals surface area contributed by atoms with E-state index in [9.17, 15) is 18.5 Å². The molecule has 9 heteroatoms. The Morgan fingerprint density at radius 2 is 1.84 bits per heavy atom. The van der Waals surface area contributed by atoms with Gasteiger partial charge in [0.05, 0.1) is 16.9 Å². The fourth-order valence-corrected chi connectivity index (χ4v) is 3.60. The van der Waals surface area contributed by atoms with E-state index in [0.717, 1.165) is 17.5 Å². The molecule has 0 aliphatic rings. The Bertz CT molecular complexity index is 1030. The van der Waals surface area contributed by atoms with E-state index in [-0.39, 0.29) is 5.69 Å². The molecule has 0 fully saturated rings. The number of thiazole rings is 1. The molecule has 0 saturated heterocycles. The van der Waals surface area contributed by atoms with E-state index >= 15 is 0 Å². The highest BCUT2D eigenvalue weighted by molar-refractivity contribution is 7.92. The second-order valence-corrected chi connectivity index (χ2v) is 7.90. The predicted octanol–water partition coefficient (Wildman–Crippen LogP) is 3.76. The molecule has 128 valence electrons. The number of hydrogen-bond acceptors (Lipinski definition) is 6. The lowest BCUT2D eigenvalue weighted by Crippen LogP contribution is -2.09. The molecule has 1 heterocycles. The molecule has 3 aromatic rings. The zero-order valence-electron chi connectivity index (χ0n) is 13.0. The number of aromatic nitrogens is 1. The number of rotatable bonds is 5. The topological polar surface area (TPSA) is 102 Å². The first-order valence-electron chi connectivity index (χ1n) is 7.10. The van der Waals surface area contributed by atoms with Crippen molar-refractivity contribution in [2.24, 2.45) is 0 Å². The minimum atomic E-state index is -3.32. The summed E-state index contributed by atoms with van der Waals surface area (Å²) < 4.78 is 24.8. The van der Waals surface area contributed by atoms with E-state index in [1.165, 1.54) is 23.5 Å². The molecule has 0 spiro atoms. The molecule has 0 radical (unpaired) electrons. The first kappa shape index (κ1) is 17.1. The van der Waals surface area contributed by atoms with Crippen molar-refractivity contribution in [3.8, 4) is 21.8 Å². The summed E-state index contributed by atoms with van der Waals surface area (Å²) in [7, 11) is -3.32. The summed E-state index contributed by atoms with van der Waals surface area (Å²) in [5.74, 6) is 0. The number of nitro groups is 1. The van der Waals surface area contributed by atoms with Crippen molar-refractivity contribution < 1.29 is 13.3 Å². The van der Waals surface area contributed by atoms with Crippen LogP contribution in [0.25, 0.3) is 21.8 Å². The molecular weight excluding hydrogens is 362 g/mol. The average Bonchev–Trinajstić information content (AvgIpc) is 3.04. The van der Waals surface area contributed by atoms with Gasteiger partial charge in [-0.2, -0.15) is 0 Å². The van der Waals surface area contributed by atoms with Crippen LogP contribution in [0.1, 0.15) is 0 Å². The molecule has 1 N–H and O–H groups in total. The van der Waals surface area contributed by atoms with Crippen molar-refractivity contribution in [3.05, 3.63) is 64.0 Å². The van der Waals surface area contributed by atoms with Crippen molar-refractivity contribution >= 4 is 32.7 Å². The zero-order valence-corrected chi connectivity index (χ0v) is 14.7. The summed E-state index contributed by atoms with van der Waals surface area (Å²) in [5.41, 5.74) is 2.72. The van der Waals surface area contributed by atoms with Crippen molar-refractivity contribution in [3.63, 3.8) is 0 Å². The van der Waals surface area contributed by atoms with Gasteiger partial charge in [0.15, 0.2) is 0 Å². The van der Waals surface area contributed by atoms with Gasteiger partial charge in [-0.1, -0.05) is 24.3 Å². The molecule has 2 aromatic carbocycles. The van der Waals surface area contributed by atoms with Gasteiger partial charge in [0, 0.05) is 34.3 Å². The minimum Gasteiger partial charge on any atom is -0.284 e. The van der Waals surface area contributed by atoms with Crippen LogP contribution in [-0.4, -0.2) is 24.6 Å². The number of non-ortho nitro benzene ring substituents is 1. The highest BCUT2D eigenvalue weighted by Crippen LogP contribution is 2.31. The Hall–Kier alpha value is -2.78. The van der Waals surface area contributed by atoms with Crippen LogP contribution in [0.3, 0.4) is 0 Å². The van der Waals surface area contributed by atoms with Crippen LogP contribution in [0, 0.1) is 10.1 Å². The molecule has 0 saturated carbocycles. The Kier molecular flexibility index (Phi) is 4.51. The van der Waals surface area contributed by atoms with Crippen molar-refractivity contribution in [2.45, 2.75) is 0 Å². The van der Waals surface area contributed by atoms with Crippen LogP contribution in [0.15, 0.2) is 53.9 Å². The maximum Gasteiger partial charge on any atom is 0.270 e. The summed E-state index contributed by atoms with van der Waals surface area (Å²) in [6.07, 6.45) is 1.09. The third-order valence-corrected chi connectivity index (χ3v) is 4.79. The number of hydrogen-bond donors (Lipinski definition) is 1. The largest absolute Gasteiger partial charge is 0.284 e. The molecular formula is C16H13N3O4S2. The first-order valence-corrected chi connectivity index (χ1v) is 9.87. The van der Waals surface area contributed by atoms with E-state index in [0.29, 0.717) is 16.3 Å². The van der Waals surface area contributed by atoms with Gasteiger partial charge < -0.3 is 0 Å². The highest BCUT2D eigenvalue weighted by atomic mass is 32.2. The third kappa shape index (κ3) is 4.20. The Labute approximate surface area is 148 Å². The molecule has 7 nitrogen and oxygen atoms in total. The van der Waals surface area contributed by atoms with Crippen LogP contribution >= 0.6 is 11.3 Å². The molecule has 0 atom stereocenters. The van der Waals surface area contributed by atoms with Gasteiger partial charge in [0.1, 0.15) is 5.01 Å². The second-order valence-electron chi connectivity index (χ2n) is 5.30. The maximum absolute atomic E-state index is 11.2. The lowest BCUT2D eigenvalue weighted by Gasteiger charge is -2.04. The summed E-state index contributed by atoms with van der Waals surface area (Å²) in [6.45, 7) is 0. The third-order valence-electron chi connectivity index (χ3n) is 3.29. The highest BCUT2D eigenvalue weighted by Gasteiger charge is 2.11. The van der Waals surface area contributed by atoms with E-state index in [4.69, 9.17) is 0 Å². The molecule has 3 rings (SSSR count). The van der Waals surface area contributed by atoms with Crippen molar-refractivity contribution in [2.75, 3.05) is 11.0 Å². The van der Waals surface area contributed by atoms with Crippen molar-refractivity contribution in [1.29, 1.82) is 0 Å². The van der Waals surface area contributed by atoms with Crippen LogP contribution in [-0.2, 0) is 10.0 Å². The molecule has 0 amide bonds. The van der Waals surface area contributed by atoms with E-state index in [1.807, 2.05) is 5.38 Å². The zero-order chi connectivity index (χ0) is 18.0. The average molecular weight is 375 g/mol. The summed E-state index contributed by atoms with van der Waals surface area (Å²) >= 11 is 1.39. The quantitative estimate of drug-likeness (QED) is 0.540. The minimum absolute atomic E-state index is 0.0189. The summed E-state index contributed by atoms with van der Waals surface area (Å²) in [6, 6.07) is 13.2. The number of sulfonamides is 1. The fraction of sp³-hybridized carbons (Fsp3) is 0.0625. The first-order chi connectivity index (χ1) is 11.8.